The van der Waals surface area contributed by atoms with E-state index >= 15 is 0 Å². The number of anilines is 2. The van der Waals surface area contributed by atoms with Crippen LogP contribution >= 0.6 is 11.3 Å². The molecule has 0 spiro atoms. The van der Waals surface area contributed by atoms with Crippen molar-refractivity contribution in [3.05, 3.63) is 83.9 Å². The maximum atomic E-state index is 13.0. The Morgan fingerprint density at radius 1 is 0.897 bits per heavy atom. The second-order valence-electron chi connectivity index (χ2n) is 6.59. The molecule has 0 aliphatic carbocycles. The number of nitrogen functional groups attached to an aromatic ring is 1. The Morgan fingerprint density at radius 3 is 2.62 bits per heavy atom. The lowest BCUT2D eigenvalue weighted by atomic mass is 10.1. The molecular weight excluding hydrogens is 380 g/mol. The molecule has 0 saturated heterocycles. The largest absolute Gasteiger partial charge is 0.397 e. The molecule has 0 unspecified atom stereocenters. The highest BCUT2D eigenvalue weighted by atomic mass is 32.1. The number of pyridine rings is 2. The fraction of sp³-hybridized carbons (Fsp3) is 0. The Labute approximate surface area is 170 Å². The molecule has 3 aromatic heterocycles. The number of carbonyl (C=O) groups is 1. The summed E-state index contributed by atoms with van der Waals surface area (Å²) < 4.78 is 0. The predicted molar refractivity (Wildman–Crippen MR) is 119 cm³/mol. The van der Waals surface area contributed by atoms with Crippen LogP contribution in [-0.2, 0) is 0 Å². The van der Waals surface area contributed by atoms with Crippen LogP contribution in [0.15, 0.2) is 79.0 Å². The summed E-state index contributed by atoms with van der Waals surface area (Å²) in [7, 11) is 0. The van der Waals surface area contributed by atoms with Gasteiger partial charge in [-0.3, -0.25) is 9.78 Å². The van der Waals surface area contributed by atoms with Crippen LogP contribution < -0.4 is 11.1 Å². The first-order chi connectivity index (χ1) is 14.2. The Bertz CT molecular complexity index is 1360. The quantitative estimate of drug-likeness (QED) is 0.431. The molecular formula is C23H16N4OS. The summed E-state index contributed by atoms with van der Waals surface area (Å²) in [6.07, 6.45) is 1.73. The van der Waals surface area contributed by atoms with Crippen molar-refractivity contribution in [2.75, 3.05) is 11.1 Å². The fourth-order valence-electron chi connectivity index (χ4n) is 3.33. The molecule has 0 aliphatic rings. The Balaban J connectivity index is 1.52. The van der Waals surface area contributed by atoms with E-state index in [4.69, 9.17) is 10.7 Å². The molecule has 0 atom stereocenters. The molecule has 5 rings (SSSR count). The van der Waals surface area contributed by atoms with Crippen molar-refractivity contribution in [3.63, 3.8) is 0 Å². The van der Waals surface area contributed by atoms with Crippen molar-refractivity contribution < 1.29 is 4.79 Å². The third kappa shape index (κ3) is 3.09. The lowest BCUT2D eigenvalue weighted by Crippen LogP contribution is -2.12. The third-order valence-corrected chi connectivity index (χ3v) is 5.88. The fourth-order valence-corrected chi connectivity index (χ4v) is 4.32. The normalized spacial score (nSPS) is 11.0. The minimum atomic E-state index is -0.247. The highest BCUT2D eigenvalue weighted by Crippen LogP contribution is 2.35. The van der Waals surface area contributed by atoms with Crippen LogP contribution in [0.4, 0.5) is 11.4 Å². The Kier molecular flexibility index (Phi) is 4.18. The van der Waals surface area contributed by atoms with E-state index in [9.17, 15) is 4.79 Å². The van der Waals surface area contributed by atoms with Gasteiger partial charge in [-0.2, -0.15) is 0 Å². The number of nitrogens with one attached hydrogen (secondary N) is 1. The molecule has 0 radical (unpaired) electrons. The smallest absolute Gasteiger partial charge is 0.267 e. The van der Waals surface area contributed by atoms with Crippen molar-refractivity contribution in [1.82, 2.24) is 9.97 Å². The van der Waals surface area contributed by atoms with E-state index in [0.717, 1.165) is 32.4 Å². The van der Waals surface area contributed by atoms with Gasteiger partial charge in [-0.15, -0.1) is 11.3 Å². The number of nitrogens with two attached hydrogens (primary N) is 1. The zero-order valence-electron chi connectivity index (χ0n) is 15.3. The molecule has 0 bridgehead atoms. The average Bonchev–Trinajstić information content (AvgIpc) is 3.11. The maximum Gasteiger partial charge on any atom is 0.267 e. The van der Waals surface area contributed by atoms with Gasteiger partial charge in [-0.05, 0) is 36.4 Å². The minimum Gasteiger partial charge on any atom is -0.397 e. The van der Waals surface area contributed by atoms with Gasteiger partial charge >= 0.3 is 0 Å². The molecule has 29 heavy (non-hydrogen) atoms. The molecule has 2 aromatic carbocycles. The van der Waals surface area contributed by atoms with Crippen LogP contribution in [0.2, 0.25) is 0 Å². The molecule has 6 heteroatoms. The standard InChI is InChI=1S/C23H16N4OS/c24-20-16-11-12-17(14-6-2-1-3-7-14)27-23(16)29-21(20)22(28)26-19-10-4-9-18-15(19)8-5-13-25-18/h1-13H,24H2,(H,26,28). The van der Waals surface area contributed by atoms with Gasteiger partial charge in [0, 0.05) is 22.5 Å². The van der Waals surface area contributed by atoms with E-state index in [1.54, 1.807) is 6.20 Å². The first-order valence-corrected chi connectivity index (χ1v) is 9.92. The third-order valence-electron chi connectivity index (χ3n) is 4.76. The number of nitrogens with zero attached hydrogens (tertiary/aromatic N) is 2. The van der Waals surface area contributed by atoms with Crippen LogP contribution in [0, 0.1) is 0 Å². The molecule has 3 N–H and O–H groups in total. The van der Waals surface area contributed by atoms with Gasteiger partial charge in [-0.25, -0.2) is 4.98 Å². The molecule has 140 valence electrons. The zero-order chi connectivity index (χ0) is 19.8. The van der Waals surface area contributed by atoms with E-state index in [1.165, 1.54) is 11.3 Å². The molecule has 0 aliphatic heterocycles. The molecule has 1 amide bonds. The monoisotopic (exact) mass is 396 g/mol. The van der Waals surface area contributed by atoms with Crippen LogP contribution in [-0.4, -0.2) is 15.9 Å². The maximum absolute atomic E-state index is 13.0. The summed E-state index contributed by atoms with van der Waals surface area (Å²) in [4.78, 5) is 23.2. The SMILES string of the molecule is Nc1c(C(=O)Nc2cccc3ncccc23)sc2nc(-c3ccccc3)ccc12. The first-order valence-electron chi connectivity index (χ1n) is 9.10. The second-order valence-corrected chi connectivity index (χ2v) is 7.59. The van der Waals surface area contributed by atoms with Crippen LogP contribution in [0.25, 0.3) is 32.4 Å². The Hall–Kier alpha value is -3.77. The second kappa shape index (κ2) is 7.00. The van der Waals surface area contributed by atoms with Gasteiger partial charge in [0.05, 0.1) is 22.6 Å². The summed E-state index contributed by atoms with van der Waals surface area (Å²) in [6, 6.07) is 23.2. The van der Waals surface area contributed by atoms with Crippen LogP contribution in [0.1, 0.15) is 9.67 Å². The summed E-state index contributed by atoms with van der Waals surface area (Å²) in [5.41, 5.74) is 10.1. The molecule has 0 fully saturated rings. The summed E-state index contributed by atoms with van der Waals surface area (Å²) in [5.74, 6) is -0.247. The number of amides is 1. The number of carbonyl (C=O) groups excluding carboxylic acids is 1. The average molecular weight is 396 g/mol. The van der Waals surface area contributed by atoms with Crippen LogP contribution in [0.3, 0.4) is 0 Å². The number of fused-ring (bicyclic) bond motifs is 2. The number of aromatic nitrogens is 2. The zero-order valence-corrected chi connectivity index (χ0v) is 16.1. The van der Waals surface area contributed by atoms with Crippen molar-refractivity contribution >= 4 is 49.7 Å². The number of thiophene rings is 1. The molecule has 3 heterocycles. The van der Waals surface area contributed by atoms with Crippen molar-refractivity contribution in [2.24, 2.45) is 0 Å². The Morgan fingerprint density at radius 2 is 1.76 bits per heavy atom. The van der Waals surface area contributed by atoms with Gasteiger partial charge in [-0.1, -0.05) is 36.4 Å². The van der Waals surface area contributed by atoms with E-state index < -0.39 is 0 Å². The molecule has 5 nitrogen and oxygen atoms in total. The van der Waals surface area contributed by atoms with Gasteiger partial charge in [0.2, 0.25) is 0 Å². The van der Waals surface area contributed by atoms with Crippen molar-refractivity contribution in [3.8, 4) is 11.3 Å². The van der Waals surface area contributed by atoms with Gasteiger partial charge in [0.15, 0.2) is 0 Å². The van der Waals surface area contributed by atoms with Gasteiger partial charge < -0.3 is 11.1 Å². The van der Waals surface area contributed by atoms with E-state index in [0.29, 0.717) is 16.3 Å². The van der Waals surface area contributed by atoms with Gasteiger partial charge in [0.1, 0.15) is 9.71 Å². The number of hydrogen-bond donors (Lipinski definition) is 2. The number of rotatable bonds is 3. The number of hydrogen-bond acceptors (Lipinski definition) is 5. The molecule has 0 saturated carbocycles. The number of benzene rings is 2. The van der Waals surface area contributed by atoms with E-state index in [1.807, 2.05) is 72.8 Å². The lowest BCUT2D eigenvalue weighted by molar-refractivity contribution is 0.103. The highest BCUT2D eigenvalue weighted by molar-refractivity contribution is 7.21. The predicted octanol–water partition coefficient (Wildman–Crippen LogP) is 5.35. The van der Waals surface area contributed by atoms with Crippen molar-refractivity contribution in [1.29, 1.82) is 0 Å². The minimum absolute atomic E-state index is 0.247. The summed E-state index contributed by atoms with van der Waals surface area (Å²) >= 11 is 1.30. The van der Waals surface area contributed by atoms with Gasteiger partial charge in [0.25, 0.3) is 5.91 Å². The topological polar surface area (TPSA) is 80.9 Å². The lowest BCUT2D eigenvalue weighted by Gasteiger charge is -2.07. The van der Waals surface area contributed by atoms with E-state index in [-0.39, 0.29) is 5.91 Å². The first kappa shape index (κ1) is 17.3. The van der Waals surface area contributed by atoms with Crippen molar-refractivity contribution in [2.45, 2.75) is 0 Å². The molecule has 5 aromatic rings. The summed E-state index contributed by atoms with van der Waals surface area (Å²) in [6.45, 7) is 0. The summed E-state index contributed by atoms with van der Waals surface area (Å²) in [5, 5.41) is 4.65. The van der Waals surface area contributed by atoms with E-state index in [2.05, 4.69) is 10.3 Å². The highest BCUT2D eigenvalue weighted by Gasteiger charge is 2.18. The van der Waals surface area contributed by atoms with Crippen LogP contribution in [0.5, 0.6) is 0 Å².